The number of fused-ring (bicyclic) bond motifs is 1. The Morgan fingerprint density at radius 3 is 2.36 bits per heavy atom. The van der Waals surface area contributed by atoms with E-state index in [-0.39, 0.29) is 11.1 Å². The summed E-state index contributed by atoms with van der Waals surface area (Å²) in [4.78, 5) is 42.1. The van der Waals surface area contributed by atoms with Gasteiger partial charge in [0.05, 0.1) is 18.3 Å². The zero-order chi connectivity index (χ0) is 26.2. The molecule has 0 radical (unpaired) electrons. The molecule has 2 heterocycles. The van der Waals surface area contributed by atoms with E-state index >= 15 is 0 Å². The Kier molecular flexibility index (Phi) is 6.76. The zero-order valence-electron chi connectivity index (χ0n) is 21.8. The fourth-order valence-electron chi connectivity index (χ4n) is 4.97. The van der Waals surface area contributed by atoms with Gasteiger partial charge in [-0.3, -0.25) is 14.9 Å². The smallest absolute Gasteiger partial charge is 0.335 e. The van der Waals surface area contributed by atoms with Gasteiger partial charge < -0.3 is 9.64 Å². The van der Waals surface area contributed by atoms with Crippen LogP contribution in [0.25, 0.3) is 11.6 Å². The molecule has 0 spiro atoms. The molecule has 0 atom stereocenters. The minimum Gasteiger partial charge on any atom is -0.496 e. The molecule has 188 valence electrons. The summed E-state index contributed by atoms with van der Waals surface area (Å²) in [5, 5.41) is 2.30. The summed E-state index contributed by atoms with van der Waals surface area (Å²) < 4.78 is 5.70. The number of nitrogens with zero attached hydrogens (tertiary/aromatic N) is 2. The summed E-state index contributed by atoms with van der Waals surface area (Å²) in [6, 6.07) is 10.3. The van der Waals surface area contributed by atoms with Crippen molar-refractivity contribution in [2.75, 3.05) is 23.5 Å². The molecule has 0 aliphatic carbocycles. The highest BCUT2D eigenvalue weighted by atomic mass is 16.5. The van der Waals surface area contributed by atoms with Crippen LogP contribution in [0.4, 0.5) is 16.2 Å². The Bertz CT molecular complexity index is 1290. The normalized spacial score (nSPS) is 18.2. The van der Waals surface area contributed by atoms with Crippen molar-refractivity contribution >= 4 is 40.9 Å². The number of carbonyl (C=O) groups excluding carboxylic acids is 3. The highest BCUT2D eigenvalue weighted by molar-refractivity contribution is 6.39. The maximum Gasteiger partial charge on any atom is 0.335 e. The van der Waals surface area contributed by atoms with E-state index in [0.717, 1.165) is 46.7 Å². The van der Waals surface area contributed by atoms with Gasteiger partial charge >= 0.3 is 6.03 Å². The standard InChI is InChI=1S/C29H33N3O4/c1-7-13-31-24-16-25(36-6)20(14-22(24)18(3)17-29(31,4)5)15-23-26(33)30-28(35)32(27(23)34)21-11-9-19(8-2)10-12-21/h9-12,14-17H,7-8,13H2,1-6H3,(H,30,33,35)/b23-15-. The van der Waals surface area contributed by atoms with Gasteiger partial charge in [0.25, 0.3) is 11.8 Å². The van der Waals surface area contributed by atoms with E-state index < -0.39 is 17.8 Å². The van der Waals surface area contributed by atoms with Crippen LogP contribution < -0.4 is 19.9 Å². The number of hydrogen-bond donors (Lipinski definition) is 1. The van der Waals surface area contributed by atoms with Crippen LogP contribution in [0.5, 0.6) is 5.75 Å². The van der Waals surface area contributed by atoms with E-state index in [4.69, 9.17) is 4.74 Å². The number of benzene rings is 2. The molecular weight excluding hydrogens is 454 g/mol. The van der Waals surface area contributed by atoms with Crippen molar-refractivity contribution in [1.29, 1.82) is 0 Å². The van der Waals surface area contributed by atoms with Crippen LogP contribution in [0.3, 0.4) is 0 Å². The third-order valence-corrected chi connectivity index (χ3v) is 6.78. The number of hydrogen-bond acceptors (Lipinski definition) is 5. The molecule has 1 fully saturated rings. The summed E-state index contributed by atoms with van der Waals surface area (Å²) in [5.41, 5.74) is 4.96. The van der Waals surface area contributed by atoms with E-state index in [9.17, 15) is 14.4 Å². The van der Waals surface area contributed by atoms with Gasteiger partial charge in [-0.15, -0.1) is 0 Å². The molecule has 2 aliphatic rings. The number of nitrogens with one attached hydrogen (secondary N) is 1. The monoisotopic (exact) mass is 487 g/mol. The molecule has 2 aliphatic heterocycles. The van der Waals surface area contributed by atoms with Crippen LogP contribution in [0.1, 0.15) is 57.7 Å². The lowest BCUT2D eigenvalue weighted by Crippen LogP contribution is -2.54. The lowest BCUT2D eigenvalue weighted by atomic mass is 9.87. The van der Waals surface area contributed by atoms with Crippen LogP contribution in [0.15, 0.2) is 48.0 Å². The summed E-state index contributed by atoms with van der Waals surface area (Å²) in [5.74, 6) is -0.856. The maximum absolute atomic E-state index is 13.4. The lowest BCUT2D eigenvalue weighted by molar-refractivity contribution is -0.122. The molecule has 4 rings (SSSR count). The third-order valence-electron chi connectivity index (χ3n) is 6.78. The molecule has 1 N–H and O–H groups in total. The quantitative estimate of drug-likeness (QED) is 0.440. The van der Waals surface area contributed by atoms with Crippen LogP contribution in [-0.2, 0) is 16.0 Å². The Morgan fingerprint density at radius 1 is 1.06 bits per heavy atom. The average Bonchev–Trinajstić information content (AvgIpc) is 2.84. The highest BCUT2D eigenvalue weighted by Crippen LogP contribution is 2.43. The van der Waals surface area contributed by atoms with Crippen molar-refractivity contribution in [2.24, 2.45) is 0 Å². The van der Waals surface area contributed by atoms with Crippen LogP contribution >= 0.6 is 0 Å². The molecule has 2 aromatic rings. The first kappa shape index (κ1) is 25.2. The fraction of sp³-hybridized carbons (Fsp3) is 0.345. The van der Waals surface area contributed by atoms with Crippen molar-refractivity contribution in [3.05, 3.63) is 64.7 Å². The van der Waals surface area contributed by atoms with Crippen LogP contribution in [0, 0.1) is 0 Å². The average molecular weight is 488 g/mol. The van der Waals surface area contributed by atoms with Crippen molar-refractivity contribution < 1.29 is 19.1 Å². The number of barbiturate groups is 1. The SMILES string of the molecule is CCCN1c2cc(OC)c(/C=C3/C(=O)NC(=O)N(c4ccc(CC)cc4)C3=O)cc2C(C)=CC1(C)C. The predicted octanol–water partition coefficient (Wildman–Crippen LogP) is 5.34. The maximum atomic E-state index is 13.4. The minimum atomic E-state index is -0.764. The molecule has 1 saturated heterocycles. The number of imide groups is 2. The number of methoxy groups -OCH3 is 1. The number of allylic oxidation sites excluding steroid dienone is 1. The Hall–Kier alpha value is -3.87. The molecule has 0 saturated carbocycles. The molecule has 7 heteroatoms. The number of rotatable bonds is 6. The Balaban J connectivity index is 1.80. The lowest BCUT2D eigenvalue weighted by Gasteiger charge is -2.43. The molecule has 0 bridgehead atoms. The van der Waals surface area contributed by atoms with Gasteiger partial charge in [0, 0.05) is 29.4 Å². The van der Waals surface area contributed by atoms with E-state index in [1.165, 1.54) is 6.08 Å². The van der Waals surface area contributed by atoms with E-state index in [1.807, 2.05) is 31.2 Å². The van der Waals surface area contributed by atoms with E-state index in [0.29, 0.717) is 17.0 Å². The molecule has 36 heavy (non-hydrogen) atoms. The van der Waals surface area contributed by atoms with Gasteiger partial charge in [-0.05, 0) is 69.0 Å². The topological polar surface area (TPSA) is 79.0 Å². The Morgan fingerprint density at radius 2 is 1.75 bits per heavy atom. The van der Waals surface area contributed by atoms with Gasteiger partial charge in [0.15, 0.2) is 0 Å². The Labute approximate surface area is 212 Å². The number of aryl methyl sites for hydroxylation is 1. The first-order chi connectivity index (χ1) is 17.1. The van der Waals surface area contributed by atoms with Crippen molar-refractivity contribution in [3.8, 4) is 5.75 Å². The highest BCUT2D eigenvalue weighted by Gasteiger charge is 2.37. The second kappa shape index (κ2) is 9.64. The van der Waals surface area contributed by atoms with Gasteiger partial charge in [-0.25, -0.2) is 9.69 Å². The fourth-order valence-corrected chi connectivity index (χ4v) is 4.97. The third kappa shape index (κ3) is 4.41. The van der Waals surface area contributed by atoms with E-state index in [1.54, 1.807) is 19.2 Å². The summed E-state index contributed by atoms with van der Waals surface area (Å²) in [6.45, 7) is 11.5. The second-order valence-electron chi connectivity index (χ2n) is 9.72. The second-order valence-corrected chi connectivity index (χ2v) is 9.72. The number of urea groups is 1. The van der Waals surface area contributed by atoms with E-state index in [2.05, 4.69) is 44.0 Å². The van der Waals surface area contributed by atoms with Gasteiger partial charge in [0.2, 0.25) is 0 Å². The predicted molar refractivity (Wildman–Crippen MR) is 143 cm³/mol. The van der Waals surface area contributed by atoms with Crippen LogP contribution in [-0.4, -0.2) is 37.0 Å². The molecule has 2 aromatic carbocycles. The largest absolute Gasteiger partial charge is 0.496 e. The molecular formula is C29H33N3O4. The summed E-state index contributed by atoms with van der Waals surface area (Å²) in [7, 11) is 1.57. The van der Waals surface area contributed by atoms with Gasteiger partial charge in [-0.2, -0.15) is 0 Å². The van der Waals surface area contributed by atoms with Crippen LogP contribution in [0.2, 0.25) is 0 Å². The first-order valence-electron chi connectivity index (χ1n) is 12.3. The molecule has 4 amide bonds. The zero-order valence-corrected chi connectivity index (χ0v) is 21.8. The molecule has 0 aromatic heterocycles. The summed E-state index contributed by atoms with van der Waals surface area (Å²) >= 11 is 0. The van der Waals surface area contributed by atoms with Crippen molar-refractivity contribution in [3.63, 3.8) is 0 Å². The molecule has 0 unspecified atom stereocenters. The molecule has 7 nitrogen and oxygen atoms in total. The number of ether oxygens (including phenoxy) is 1. The number of amides is 4. The van der Waals surface area contributed by atoms with Crippen molar-refractivity contribution in [1.82, 2.24) is 5.32 Å². The van der Waals surface area contributed by atoms with Gasteiger partial charge in [-0.1, -0.05) is 32.1 Å². The number of carbonyl (C=O) groups is 3. The van der Waals surface area contributed by atoms with Gasteiger partial charge in [0.1, 0.15) is 11.3 Å². The minimum absolute atomic E-state index is 0.129. The summed E-state index contributed by atoms with van der Waals surface area (Å²) in [6.07, 6.45) is 5.56. The van der Waals surface area contributed by atoms with Crippen molar-refractivity contribution in [2.45, 2.75) is 53.0 Å². The number of anilines is 2. The first-order valence-corrected chi connectivity index (χ1v) is 12.3.